The van der Waals surface area contributed by atoms with Crippen molar-refractivity contribution in [2.24, 2.45) is 5.92 Å². The van der Waals surface area contributed by atoms with Gasteiger partial charge in [0.2, 0.25) is 0 Å². The number of furan rings is 1. The Labute approximate surface area is 118 Å². The highest BCUT2D eigenvalue weighted by atomic mass is 16.4. The Kier molecular flexibility index (Phi) is 4.47. The molecule has 0 aliphatic heterocycles. The van der Waals surface area contributed by atoms with Crippen molar-refractivity contribution in [3.8, 4) is 0 Å². The zero-order chi connectivity index (χ0) is 14.7. The average molecular weight is 279 g/mol. The molecule has 0 spiro atoms. The summed E-state index contributed by atoms with van der Waals surface area (Å²) in [6.45, 7) is 3.77. The van der Waals surface area contributed by atoms with Crippen molar-refractivity contribution in [2.45, 2.75) is 52.0 Å². The lowest BCUT2D eigenvalue weighted by molar-refractivity contribution is -0.136. The van der Waals surface area contributed by atoms with E-state index in [9.17, 15) is 9.59 Å². The van der Waals surface area contributed by atoms with E-state index in [0.29, 0.717) is 17.0 Å². The number of hydrogen-bond acceptors (Lipinski definition) is 3. The van der Waals surface area contributed by atoms with Gasteiger partial charge in [-0.1, -0.05) is 12.8 Å². The molecule has 1 aromatic rings. The van der Waals surface area contributed by atoms with Gasteiger partial charge in [0.15, 0.2) is 0 Å². The topological polar surface area (TPSA) is 79.5 Å². The highest BCUT2D eigenvalue weighted by Crippen LogP contribution is 2.28. The zero-order valence-corrected chi connectivity index (χ0v) is 11.9. The number of amides is 1. The molecular weight excluding hydrogens is 258 g/mol. The molecule has 2 N–H and O–H groups in total. The van der Waals surface area contributed by atoms with Crippen LogP contribution in [-0.2, 0) is 11.2 Å². The lowest BCUT2D eigenvalue weighted by atomic mass is 9.99. The fourth-order valence-electron chi connectivity index (χ4n) is 2.92. The van der Waals surface area contributed by atoms with E-state index in [0.717, 1.165) is 12.8 Å². The maximum absolute atomic E-state index is 12.3. The average Bonchev–Trinajstić information content (AvgIpc) is 2.98. The Morgan fingerprint density at radius 1 is 1.45 bits per heavy atom. The Balaban J connectivity index is 2.08. The molecule has 20 heavy (non-hydrogen) atoms. The third-order valence-corrected chi connectivity index (χ3v) is 4.06. The number of carboxylic acids is 1. The summed E-state index contributed by atoms with van der Waals surface area (Å²) < 4.78 is 5.19. The van der Waals surface area contributed by atoms with Crippen LogP contribution in [0.15, 0.2) is 10.7 Å². The van der Waals surface area contributed by atoms with E-state index in [1.165, 1.54) is 19.1 Å². The van der Waals surface area contributed by atoms with Crippen LogP contribution in [0.2, 0.25) is 0 Å². The fraction of sp³-hybridized carbons (Fsp3) is 0.600. The molecule has 1 fully saturated rings. The Morgan fingerprint density at radius 3 is 2.70 bits per heavy atom. The van der Waals surface area contributed by atoms with Crippen LogP contribution in [0.5, 0.6) is 0 Å². The number of hydrogen-bond donors (Lipinski definition) is 2. The molecule has 0 saturated heterocycles. The summed E-state index contributed by atoms with van der Waals surface area (Å²) in [6.07, 6.45) is 5.91. The summed E-state index contributed by atoms with van der Waals surface area (Å²) in [6, 6.07) is 0.108. The number of carbonyl (C=O) groups excluding carboxylic acids is 1. The van der Waals surface area contributed by atoms with Crippen molar-refractivity contribution in [3.05, 3.63) is 23.2 Å². The first-order valence-corrected chi connectivity index (χ1v) is 7.08. The van der Waals surface area contributed by atoms with E-state index in [1.807, 2.05) is 6.92 Å². The SMILES string of the molecule is Cc1coc(CC(=O)O)c1C(=O)NC(C)C1CCCC1. The standard InChI is InChI=1S/C15H21NO4/c1-9-8-20-12(7-13(17)18)14(9)15(19)16-10(2)11-5-3-4-6-11/h8,10-11H,3-7H2,1-2H3,(H,16,19)(H,17,18). The van der Waals surface area contributed by atoms with E-state index in [-0.39, 0.29) is 24.1 Å². The minimum atomic E-state index is -1.00. The van der Waals surface area contributed by atoms with E-state index in [2.05, 4.69) is 5.32 Å². The van der Waals surface area contributed by atoms with Gasteiger partial charge in [0.25, 0.3) is 5.91 Å². The molecular formula is C15H21NO4. The molecule has 2 rings (SSSR count). The fourth-order valence-corrected chi connectivity index (χ4v) is 2.92. The van der Waals surface area contributed by atoms with Crippen molar-refractivity contribution < 1.29 is 19.1 Å². The monoisotopic (exact) mass is 279 g/mol. The summed E-state index contributed by atoms with van der Waals surface area (Å²) >= 11 is 0. The number of rotatable bonds is 5. The van der Waals surface area contributed by atoms with Gasteiger partial charge in [0.1, 0.15) is 12.2 Å². The molecule has 1 aliphatic rings. The first kappa shape index (κ1) is 14.6. The number of aryl methyl sites for hydroxylation is 1. The smallest absolute Gasteiger partial charge is 0.311 e. The molecule has 1 unspecified atom stereocenters. The number of carbonyl (C=O) groups is 2. The van der Waals surface area contributed by atoms with Gasteiger partial charge < -0.3 is 14.8 Å². The summed E-state index contributed by atoms with van der Waals surface area (Å²) in [5.41, 5.74) is 1.05. The number of nitrogens with one attached hydrogen (secondary N) is 1. The Bertz CT molecular complexity index is 500. The minimum absolute atomic E-state index is 0.108. The maximum Gasteiger partial charge on any atom is 0.311 e. The summed E-state index contributed by atoms with van der Waals surface area (Å²) in [4.78, 5) is 23.1. The first-order chi connectivity index (χ1) is 9.49. The predicted octanol–water partition coefficient (Wildman–Crippen LogP) is 2.52. The van der Waals surface area contributed by atoms with Gasteiger partial charge in [-0.25, -0.2) is 0 Å². The van der Waals surface area contributed by atoms with Crippen molar-refractivity contribution in [1.82, 2.24) is 5.32 Å². The molecule has 110 valence electrons. The van der Waals surface area contributed by atoms with Crippen LogP contribution in [0.25, 0.3) is 0 Å². The third-order valence-electron chi connectivity index (χ3n) is 4.06. The van der Waals surface area contributed by atoms with Crippen LogP contribution < -0.4 is 5.32 Å². The van der Waals surface area contributed by atoms with Crippen molar-refractivity contribution in [2.75, 3.05) is 0 Å². The second-order valence-electron chi connectivity index (χ2n) is 5.59. The van der Waals surface area contributed by atoms with Gasteiger partial charge >= 0.3 is 5.97 Å². The van der Waals surface area contributed by atoms with Gasteiger partial charge in [0, 0.05) is 11.6 Å². The third kappa shape index (κ3) is 3.21. The van der Waals surface area contributed by atoms with Crippen LogP contribution in [0.1, 0.15) is 54.3 Å². The van der Waals surface area contributed by atoms with Crippen LogP contribution in [0.3, 0.4) is 0 Å². The van der Waals surface area contributed by atoms with Crippen LogP contribution in [0, 0.1) is 12.8 Å². The van der Waals surface area contributed by atoms with Gasteiger partial charge in [0.05, 0.1) is 11.8 Å². The normalized spacial score (nSPS) is 17.1. The molecule has 1 atom stereocenters. The molecule has 0 radical (unpaired) electrons. The van der Waals surface area contributed by atoms with Crippen LogP contribution in [0.4, 0.5) is 0 Å². The summed E-state index contributed by atoms with van der Waals surface area (Å²) in [5, 5.41) is 11.8. The molecule has 5 nitrogen and oxygen atoms in total. The molecule has 1 aromatic heterocycles. The number of carboxylic acid groups (broad SMARTS) is 1. The maximum atomic E-state index is 12.3. The second kappa shape index (κ2) is 6.11. The zero-order valence-electron chi connectivity index (χ0n) is 11.9. The predicted molar refractivity (Wildman–Crippen MR) is 73.7 cm³/mol. The van der Waals surface area contributed by atoms with E-state index < -0.39 is 5.97 Å². The highest BCUT2D eigenvalue weighted by molar-refractivity contribution is 5.97. The van der Waals surface area contributed by atoms with Gasteiger partial charge in [-0.2, -0.15) is 0 Å². The van der Waals surface area contributed by atoms with Gasteiger partial charge in [-0.15, -0.1) is 0 Å². The largest absolute Gasteiger partial charge is 0.481 e. The lowest BCUT2D eigenvalue weighted by Gasteiger charge is -2.20. The van der Waals surface area contributed by atoms with Gasteiger partial charge in [-0.3, -0.25) is 9.59 Å². The Hall–Kier alpha value is -1.78. The molecule has 1 saturated carbocycles. The highest BCUT2D eigenvalue weighted by Gasteiger charge is 2.26. The molecule has 5 heteroatoms. The molecule has 0 aromatic carbocycles. The molecule has 0 bridgehead atoms. The second-order valence-corrected chi connectivity index (χ2v) is 5.59. The van der Waals surface area contributed by atoms with Crippen molar-refractivity contribution in [1.29, 1.82) is 0 Å². The van der Waals surface area contributed by atoms with Gasteiger partial charge in [-0.05, 0) is 32.6 Å². The first-order valence-electron chi connectivity index (χ1n) is 7.08. The summed E-state index contributed by atoms with van der Waals surface area (Å²) in [5.74, 6) is -0.482. The lowest BCUT2D eigenvalue weighted by Crippen LogP contribution is -2.37. The molecule has 1 amide bonds. The van der Waals surface area contributed by atoms with Crippen molar-refractivity contribution in [3.63, 3.8) is 0 Å². The number of aliphatic carboxylic acids is 1. The van der Waals surface area contributed by atoms with Crippen LogP contribution in [-0.4, -0.2) is 23.0 Å². The van der Waals surface area contributed by atoms with E-state index in [1.54, 1.807) is 6.92 Å². The molecule has 1 heterocycles. The van der Waals surface area contributed by atoms with E-state index >= 15 is 0 Å². The van der Waals surface area contributed by atoms with Crippen LogP contribution >= 0.6 is 0 Å². The quantitative estimate of drug-likeness (QED) is 0.868. The minimum Gasteiger partial charge on any atom is -0.481 e. The summed E-state index contributed by atoms with van der Waals surface area (Å²) in [7, 11) is 0. The Morgan fingerprint density at radius 2 is 2.10 bits per heavy atom. The van der Waals surface area contributed by atoms with Crippen molar-refractivity contribution >= 4 is 11.9 Å². The molecule has 1 aliphatic carbocycles. The van der Waals surface area contributed by atoms with E-state index in [4.69, 9.17) is 9.52 Å².